The van der Waals surface area contributed by atoms with Crippen LogP contribution in [0.1, 0.15) is 40.4 Å². The lowest BCUT2D eigenvalue weighted by molar-refractivity contribution is -0.145. The minimum absolute atomic E-state index is 0.145. The Morgan fingerprint density at radius 2 is 1.79 bits per heavy atom. The molecule has 2 aromatic carbocycles. The number of halogens is 1. The van der Waals surface area contributed by atoms with Crippen LogP contribution < -0.4 is 0 Å². The van der Waals surface area contributed by atoms with Crippen molar-refractivity contribution < 1.29 is 14.3 Å². The summed E-state index contributed by atoms with van der Waals surface area (Å²) in [5.74, 6) is -0.534. The highest BCUT2D eigenvalue weighted by molar-refractivity contribution is 9.10. The quantitative estimate of drug-likeness (QED) is 0.568. The molecule has 3 rings (SSSR count). The number of benzene rings is 2. The summed E-state index contributed by atoms with van der Waals surface area (Å²) in [5, 5.41) is 0. The summed E-state index contributed by atoms with van der Waals surface area (Å²) in [4.78, 5) is 24.5. The predicted octanol–water partition coefficient (Wildman–Crippen LogP) is 4.29. The van der Waals surface area contributed by atoms with E-state index in [0.717, 1.165) is 29.3 Å². The zero-order valence-corrected chi connectivity index (χ0v) is 15.1. The maximum atomic E-state index is 12.5. The van der Waals surface area contributed by atoms with E-state index in [2.05, 4.69) is 15.9 Å². The van der Waals surface area contributed by atoms with Gasteiger partial charge in [-0.05, 0) is 61.1 Å². The SMILES string of the molecule is C[C@@H](OC(=O)Cc1ccc(Br)cc1)C(=O)c1ccc2c(c1)CCC2. The Balaban J connectivity index is 1.61. The number of rotatable bonds is 5. The molecule has 0 heterocycles. The van der Waals surface area contributed by atoms with Crippen LogP contribution in [0.5, 0.6) is 0 Å². The Morgan fingerprint density at radius 3 is 2.54 bits per heavy atom. The Hall–Kier alpha value is -1.94. The molecule has 0 N–H and O–H groups in total. The molecule has 0 saturated carbocycles. The number of Topliss-reactive ketones (excluding diaryl/α,β-unsaturated/α-hetero) is 1. The molecule has 0 aliphatic heterocycles. The van der Waals surface area contributed by atoms with E-state index in [4.69, 9.17) is 4.74 Å². The van der Waals surface area contributed by atoms with Crippen molar-refractivity contribution >= 4 is 27.7 Å². The summed E-state index contributed by atoms with van der Waals surface area (Å²) >= 11 is 3.36. The fraction of sp³-hybridized carbons (Fsp3) is 0.300. The van der Waals surface area contributed by atoms with Crippen molar-refractivity contribution in [3.05, 3.63) is 69.2 Å². The second-order valence-corrected chi connectivity index (χ2v) is 7.05. The van der Waals surface area contributed by atoms with Gasteiger partial charge in [0.15, 0.2) is 6.10 Å². The second-order valence-electron chi connectivity index (χ2n) is 6.14. The summed E-state index contributed by atoms with van der Waals surface area (Å²) in [6.45, 7) is 1.63. The van der Waals surface area contributed by atoms with Gasteiger partial charge in [0.05, 0.1) is 6.42 Å². The topological polar surface area (TPSA) is 43.4 Å². The van der Waals surface area contributed by atoms with Gasteiger partial charge < -0.3 is 4.74 Å². The van der Waals surface area contributed by atoms with Crippen LogP contribution in [0.15, 0.2) is 46.9 Å². The lowest BCUT2D eigenvalue weighted by Crippen LogP contribution is -2.25. The number of hydrogen-bond donors (Lipinski definition) is 0. The molecule has 0 fully saturated rings. The Kier molecular flexibility index (Phi) is 5.14. The van der Waals surface area contributed by atoms with Crippen molar-refractivity contribution in [1.29, 1.82) is 0 Å². The molecule has 1 aliphatic carbocycles. The largest absolute Gasteiger partial charge is 0.454 e. The smallest absolute Gasteiger partial charge is 0.310 e. The number of ether oxygens (including phenoxy) is 1. The molecule has 2 aromatic rings. The number of fused-ring (bicyclic) bond motifs is 1. The molecule has 0 aromatic heterocycles. The van der Waals surface area contributed by atoms with E-state index < -0.39 is 6.10 Å². The van der Waals surface area contributed by atoms with Crippen LogP contribution in [-0.4, -0.2) is 17.9 Å². The fourth-order valence-electron chi connectivity index (χ4n) is 3.02. The molecule has 0 unspecified atom stereocenters. The zero-order chi connectivity index (χ0) is 17.1. The van der Waals surface area contributed by atoms with E-state index in [0.29, 0.717) is 5.56 Å². The molecule has 0 amide bonds. The number of aryl methyl sites for hydroxylation is 2. The first-order chi connectivity index (χ1) is 11.5. The van der Waals surface area contributed by atoms with Gasteiger partial charge >= 0.3 is 5.97 Å². The molecule has 4 heteroatoms. The number of carbonyl (C=O) groups excluding carboxylic acids is 2. The van der Waals surface area contributed by atoms with Crippen LogP contribution in [0, 0.1) is 0 Å². The van der Waals surface area contributed by atoms with E-state index >= 15 is 0 Å². The number of carbonyl (C=O) groups is 2. The van der Waals surface area contributed by atoms with Crippen LogP contribution in [0.2, 0.25) is 0 Å². The van der Waals surface area contributed by atoms with E-state index in [-0.39, 0.29) is 18.2 Å². The highest BCUT2D eigenvalue weighted by Crippen LogP contribution is 2.23. The van der Waals surface area contributed by atoms with E-state index in [9.17, 15) is 9.59 Å². The molecule has 0 saturated heterocycles. The third kappa shape index (κ3) is 3.93. The van der Waals surface area contributed by atoms with Gasteiger partial charge in [0.25, 0.3) is 0 Å². The molecular formula is C20H19BrO3. The molecule has 0 radical (unpaired) electrons. The van der Waals surface area contributed by atoms with Gasteiger partial charge in [0, 0.05) is 10.0 Å². The summed E-state index contributed by atoms with van der Waals surface area (Å²) in [6.07, 6.45) is 2.64. The van der Waals surface area contributed by atoms with E-state index in [1.54, 1.807) is 6.92 Å². The van der Waals surface area contributed by atoms with Crippen LogP contribution >= 0.6 is 15.9 Å². The first-order valence-corrected chi connectivity index (χ1v) is 8.92. The van der Waals surface area contributed by atoms with Crippen LogP contribution in [0.3, 0.4) is 0 Å². The first kappa shape index (κ1) is 16.9. The molecular weight excluding hydrogens is 368 g/mol. The molecule has 0 bridgehead atoms. The average Bonchev–Trinajstić information content (AvgIpc) is 3.03. The first-order valence-electron chi connectivity index (χ1n) is 8.13. The zero-order valence-electron chi connectivity index (χ0n) is 13.5. The summed E-state index contributed by atoms with van der Waals surface area (Å²) in [5.41, 5.74) is 4.06. The molecule has 24 heavy (non-hydrogen) atoms. The lowest BCUT2D eigenvalue weighted by Gasteiger charge is -2.13. The second kappa shape index (κ2) is 7.31. The van der Waals surface area contributed by atoms with Crippen molar-refractivity contribution in [3.63, 3.8) is 0 Å². The number of ketones is 1. The summed E-state index contributed by atoms with van der Waals surface area (Å²) < 4.78 is 6.28. The standard InChI is InChI=1S/C20H19BrO3/c1-13(24-19(22)11-14-5-9-18(21)10-6-14)20(23)17-8-7-15-3-2-4-16(15)12-17/h5-10,12-13H,2-4,11H2,1H3/t13-/m1/s1. The Labute approximate surface area is 150 Å². The van der Waals surface area contributed by atoms with Gasteiger partial charge in [-0.15, -0.1) is 0 Å². The van der Waals surface area contributed by atoms with Crippen molar-refractivity contribution in [1.82, 2.24) is 0 Å². The maximum absolute atomic E-state index is 12.5. The van der Waals surface area contributed by atoms with Crippen LogP contribution in [0.25, 0.3) is 0 Å². The van der Waals surface area contributed by atoms with Gasteiger partial charge in [-0.3, -0.25) is 9.59 Å². The highest BCUT2D eigenvalue weighted by Gasteiger charge is 2.21. The number of esters is 1. The lowest BCUT2D eigenvalue weighted by atomic mass is 10.0. The van der Waals surface area contributed by atoms with Gasteiger partial charge in [-0.2, -0.15) is 0 Å². The van der Waals surface area contributed by atoms with Gasteiger partial charge in [-0.1, -0.05) is 40.2 Å². The maximum Gasteiger partial charge on any atom is 0.310 e. The van der Waals surface area contributed by atoms with Gasteiger partial charge in [0.2, 0.25) is 5.78 Å². The average molecular weight is 387 g/mol. The summed E-state index contributed by atoms with van der Waals surface area (Å²) in [6, 6.07) is 13.3. The van der Waals surface area contributed by atoms with Crippen molar-refractivity contribution in [2.24, 2.45) is 0 Å². The van der Waals surface area contributed by atoms with Crippen LogP contribution in [0.4, 0.5) is 0 Å². The van der Waals surface area contributed by atoms with Crippen LogP contribution in [-0.2, 0) is 28.8 Å². The molecule has 1 atom stereocenters. The molecule has 1 aliphatic rings. The third-order valence-electron chi connectivity index (χ3n) is 4.32. The van der Waals surface area contributed by atoms with Crippen molar-refractivity contribution in [2.45, 2.75) is 38.7 Å². The minimum Gasteiger partial charge on any atom is -0.454 e. The van der Waals surface area contributed by atoms with E-state index in [1.165, 1.54) is 11.1 Å². The minimum atomic E-state index is -0.771. The van der Waals surface area contributed by atoms with Gasteiger partial charge in [-0.25, -0.2) is 0 Å². The van der Waals surface area contributed by atoms with Crippen molar-refractivity contribution in [2.75, 3.05) is 0 Å². The van der Waals surface area contributed by atoms with Crippen molar-refractivity contribution in [3.8, 4) is 0 Å². The Morgan fingerprint density at radius 1 is 1.08 bits per heavy atom. The highest BCUT2D eigenvalue weighted by atomic mass is 79.9. The third-order valence-corrected chi connectivity index (χ3v) is 4.85. The Bertz CT molecular complexity index is 765. The fourth-order valence-corrected chi connectivity index (χ4v) is 3.29. The predicted molar refractivity (Wildman–Crippen MR) is 96.2 cm³/mol. The molecule has 124 valence electrons. The summed E-state index contributed by atoms with van der Waals surface area (Å²) in [7, 11) is 0. The molecule has 0 spiro atoms. The monoisotopic (exact) mass is 386 g/mol. The van der Waals surface area contributed by atoms with E-state index in [1.807, 2.05) is 42.5 Å². The normalized spacial score (nSPS) is 14.1. The molecule has 3 nitrogen and oxygen atoms in total. The van der Waals surface area contributed by atoms with Gasteiger partial charge in [0.1, 0.15) is 0 Å². The number of hydrogen-bond acceptors (Lipinski definition) is 3.